The molecule has 156 valence electrons. The molecule has 0 radical (unpaired) electrons. The van der Waals surface area contributed by atoms with E-state index < -0.39 is 0 Å². The van der Waals surface area contributed by atoms with Crippen molar-refractivity contribution < 1.29 is 13.9 Å². The molecule has 0 spiro atoms. The summed E-state index contributed by atoms with van der Waals surface area (Å²) in [6, 6.07) is 8.69. The molecule has 7 heteroatoms. The third kappa shape index (κ3) is 6.93. The molecule has 1 saturated carbocycles. The lowest BCUT2D eigenvalue weighted by Crippen LogP contribution is -2.39. The maximum absolute atomic E-state index is 14.4. The topological polar surface area (TPSA) is 67.8 Å². The predicted octanol–water partition coefficient (Wildman–Crippen LogP) is 3.70. The van der Waals surface area contributed by atoms with Crippen LogP contribution in [0.5, 0.6) is 11.5 Å². The van der Waals surface area contributed by atoms with E-state index >= 15 is 0 Å². The smallest absolute Gasteiger partial charge is 0.191 e. The molecule has 1 atom stereocenters. The lowest BCUT2D eigenvalue weighted by Gasteiger charge is -2.19. The average Bonchev–Trinajstić information content (AvgIpc) is 3.55. The van der Waals surface area contributed by atoms with Gasteiger partial charge in [0.05, 0.1) is 25.4 Å². The second-order valence-electron chi connectivity index (χ2n) is 7.11. The summed E-state index contributed by atoms with van der Waals surface area (Å²) in [5.41, 5.74) is 0.832. The third-order valence-corrected chi connectivity index (χ3v) is 4.59. The van der Waals surface area contributed by atoms with Crippen LogP contribution in [0.25, 0.3) is 0 Å². The Bertz CT molecular complexity index is 797. The van der Waals surface area contributed by atoms with Crippen LogP contribution < -0.4 is 20.1 Å². The Kier molecular flexibility index (Phi) is 7.67. The van der Waals surface area contributed by atoms with Crippen LogP contribution in [-0.4, -0.2) is 37.2 Å². The number of aliphatic imine (C=N–C) groups is 1. The van der Waals surface area contributed by atoms with Crippen molar-refractivity contribution in [3.63, 3.8) is 0 Å². The van der Waals surface area contributed by atoms with Gasteiger partial charge in [-0.25, -0.2) is 9.38 Å². The van der Waals surface area contributed by atoms with Gasteiger partial charge < -0.3 is 20.1 Å². The van der Waals surface area contributed by atoms with Gasteiger partial charge in [0.25, 0.3) is 0 Å². The largest absolute Gasteiger partial charge is 0.490 e. The maximum atomic E-state index is 14.4. The predicted molar refractivity (Wildman–Crippen MR) is 112 cm³/mol. The van der Waals surface area contributed by atoms with Crippen molar-refractivity contribution >= 4 is 5.96 Å². The number of hydrogen-bond donors (Lipinski definition) is 2. The fraction of sp³-hybridized carbons (Fsp3) is 0.455. The van der Waals surface area contributed by atoms with Gasteiger partial charge in [-0.15, -0.1) is 0 Å². The summed E-state index contributed by atoms with van der Waals surface area (Å²) in [5, 5.41) is 6.50. The van der Waals surface area contributed by atoms with Crippen molar-refractivity contribution in [3.8, 4) is 11.5 Å². The van der Waals surface area contributed by atoms with Gasteiger partial charge in [0, 0.05) is 12.7 Å². The number of aromatic nitrogens is 1. The molecule has 1 fully saturated rings. The van der Waals surface area contributed by atoms with E-state index in [1.54, 1.807) is 18.5 Å². The number of nitrogens with zero attached hydrogens (tertiary/aromatic N) is 2. The van der Waals surface area contributed by atoms with Gasteiger partial charge in [0.2, 0.25) is 0 Å². The molecule has 1 heterocycles. The molecule has 1 aliphatic rings. The SMILES string of the molecule is CCNC(=NCCOc1cccnc1)NC(C)c1ccc(OCC2CC2)c(F)c1. The first-order chi connectivity index (χ1) is 14.2. The number of rotatable bonds is 10. The number of guanidine groups is 1. The summed E-state index contributed by atoms with van der Waals surface area (Å²) < 4.78 is 25.5. The van der Waals surface area contributed by atoms with Crippen molar-refractivity contribution in [1.29, 1.82) is 0 Å². The second kappa shape index (κ2) is 10.6. The van der Waals surface area contributed by atoms with Crippen LogP contribution in [0.1, 0.15) is 38.3 Å². The molecule has 0 saturated heterocycles. The van der Waals surface area contributed by atoms with Crippen LogP contribution in [-0.2, 0) is 0 Å². The van der Waals surface area contributed by atoms with Crippen molar-refractivity contribution in [1.82, 2.24) is 15.6 Å². The number of benzene rings is 1. The Morgan fingerprint density at radius 2 is 2.17 bits per heavy atom. The molecule has 0 aliphatic heterocycles. The zero-order chi connectivity index (χ0) is 20.5. The van der Waals surface area contributed by atoms with Crippen LogP contribution in [0.4, 0.5) is 4.39 Å². The zero-order valence-corrected chi connectivity index (χ0v) is 17.0. The van der Waals surface area contributed by atoms with Crippen molar-refractivity contribution in [2.75, 3.05) is 26.3 Å². The molecule has 1 unspecified atom stereocenters. The van der Waals surface area contributed by atoms with Crippen LogP contribution >= 0.6 is 0 Å². The molecule has 2 aromatic rings. The Hall–Kier alpha value is -2.83. The van der Waals surface area contributed by atoms with E-state index in [1.165, 1.54) is 18.9 Å². The van der Waals surface area contributed by atoms with Gasteiger partial charge in [-0.1, -0.05) is 6.07 Å². The van der Waals surface area contributed by atoms with E-state index in [4.69, 9.17) is 9.47 Å². The van der Waals surface area contributed by atoms with Crippen molar-refractivity contribution in [2.45, 2.75) is 32.7 Å². The van der Waals surface area contributed by atoms with Gasteiger partial charge in [-0.2, -0.15) is 0 Å². The molecule has 29 heavy (non-hydrogen) atoms. The number of hydrogen-bond acceptors (Lipinski definition) is 4. The van der Waals surface area contributed by atoms with E-state index in [1.807, 2.05) is 32.0 Å². The summed E-state index contributed by atoms with van der Waals surface area (Å²) in [7, 11) is 0. The van der Waals surface area contributed by atoms with Gasteiger partial charge >= 0.3 is 0 Å². The third-order valence-electron chi connectivity index (χ3n) is 4.59. The standard InChI is InChI=1S/C22H29FN4O2/c1-3-25-22(26-11-12-28-19-5-4-10-24-14-19)27-16(2)18-8-9-21(20(23)13-18)29-15-17-6-7-17/h4-5,8-10,13-14,16-17H,3,6-7,11-12,15H2,1-2H3,(H2,25,26,27). The molecule has 0 bridgehead atoms. The normalized spacial score (nSPS) is 14.9. The first-order valence-electron chi connectivity index (χ1n) is 10.2. The molecule has 1 aromatic heterocycles. The Labute approximate surface area is 171 Å². The molecule has 1 aromatic carbocycles. The summed E-state index contributed by atoms with van der Waals surface area (Å²) in [4.78, 5) is 8.53. The molecular formula is C22H29FN4O2. The molecule has 3 rings (SSSR count). The highest BCUT2D eigenvalue weighted by Gasteiger charge is 2.22. The minimum absolute atomic E-state index is 0.112. The fourth-order valence-corrected chi connectivity index (χ4v) is 2.76. The summed E-state index contributed by atoms with van der Waals surface area (Å²) in [6.07, 6.45) is 5.73. The molecule has 6 nitrogen and oxygen atoms in total. The van der Waals surface area contributed by atoms with Crippen molar-refractivity contribution in [2.24, 2.45) is 10.9 Å². The highest BCUT2D eigenvalue weighted by Crippen LogP contribution is 2.30. The second-order valence-corrected chi connectivity index (χ2v) is 7.11. The number of halogens is 1. The van der Waals surface area contributed by atoms with Crippen LogP contribution in [0.2, 0.25) is 0 Å². The number of pyridine rings is 1. The first kappa shape index (κ1) is 20.9. The monoisotopic (exact) mass is 400 g/mol. The number of ether oxygens (including phenoxy) is 2. The Balaban J connectivity index is 1.52. The Morgan fingerprint density at radius 1 is 1.31 bits per heavy atom. The highest BCUT2D eigenvalue weighted by molar-refractivity contribution is 5.80. The van der Waals surface area contributed by atoms with E-state index in [0.717, 1.165) is 12.1 Å². The van der Waals surface area contributed by atoms with E-state index in [-0.39, 0.29) is 11.9 Å². The average molecular weight is 400 g/mol. The fourth-order valence-electron chi connectivity index (χ4n) is 2.76. The highest BCUT2D eigenvalue weighted by atomic mass is 19.1. The van der Waals surface area contributed by atoms with Crippen molar-refractivity contribution in [3.05, 3.63) is 54.1 Å². The summed E-state index contributed by atoms with van der Waals surface area (Å²) >= 11 is 0. The van der Waals surface area contributed by atoms with Crippen LogP contribution in [0.3, 0.4) is 0 Å². The minimum Gasteiger partial charge on any atom is -0.490 e. The minimum atomic E-state index is -0.330. The lowest BCUT2D eigenvalue weighted by molar-refractivity contribution is 0.285. The van der Waals surface area contributed by atoms with E-state index in [0.29, 0.717) is 43.1 Å². The molecule has 0 amide bonds. The molecule has 1 aliphatic carbocycles. The van der Waals surface area contributed by atoms with Gasteiger partial charge in [-0.3, -0.25) is 4.98 Å². The summed E-state index contributed by atoms with van der Waals surface area (Å²) in [6.45, 7) is 6.22. The first-order valence-corrected chi connectivity index (χ1v) is 10.2. The summed E-state index contributed by atoms with van der Waals surface area (Å²) in [5.74, 6) is 1.96. The number of nitrogens with one attached hydrogen (secondary N) is 2. The lowest BCUT2D eigenvalue weighted by atomic mass is 10.1. The van der Waals surface area contributed by atoms with Gasteiger partial charge in [-0.05, 0) is 62.4 Å². The zero-order valence-electron chi connectivity index (χ0n) is 17.0. The molecular weight excluding hydrogens is 371 g/mol. The van der Waals surface area contributed by atoms with E-state index in [2.05, 4.69) is 20.6 Å². The van der Waals surface area contributed by atoms with Gasteiger partial charge in [0.15, 0.2) is 17.5 Å². The van der Waals surface area contributed by atoms with Crippen LogP contribution in [0.15, 0.2) is 47.7 Å². The Morgan fingerprint density at radius 3 is 2.86 bits per heavy atom. The van der Waals surface area contributed by atoms with Gasteiger partial charge in [0.1, 0.15) is 12.4 Å². The van der Waals surface area contributed by atoms with E-state index in [9.17, 15) is 4.39 Å². The van der Waals surface area contributed by atoms with Crippen LogP contribution in [0, 0.1) is 11.7 Å². The quantitative estimate of drug-likeness (QED) is 0.362. The molecule has 2 N–H and O–H groups in total. The maximum Gasteiger partial charge on any atom is 0.191 e.